The van der Waals surface area contributed by atoms with Crippen LogP contribution in [0.3, 0.4) is 0 Å². The Kier molecular flexibility index (Phi) is 5.62. The molecule has 0 saturated carbocycles. The number of piperidine rings is 1. The molecule has 4 heteroatoms. The van der Waals surface area contributed by atoms with Gasteiger partial charge in [-0.25, -0.2) is 0 Å². The molecule has 1 saturated heterocycles. The number of benzene rings is 1. The van der Waals surface area contributed by atoms with E-state index >= 15 is 0 Å². The number of hydrogen-bond donors (Lipinski definition) is 1. The summed E-state index contributed by atoms with van der Waals surface area (Å²) in [4.78, 5) is 14.5. The van der Waals surface area contributed by atoms with E-state index in [1.54, 1.807) is 0 Å². The van der Waals surface area contributed by atoms with Crippen molar-refractivity contribution in [3.8, 4) is 5.75 Å². The number of carbonyl (C=O) groups excluding carboxylic acids is 1. The first-order valence-electron chi connectivity index (χ1n) is 7.78. The van der Waals surface area contributed by atoms with E-state index < -0.39 is 0 Å². The van der Waals surface area contributed by atoms with Crippen molar-refractivity contribution in [2.24, 2.45) is 5.92 Å². The Morgan fingerprint density at radius 3 is 2.48 bits per heavy atom. The molecular formula is C17H26N2O2. The molecule has 0 aromatic heterocycles. The van der Waals surface area contributed by atoms with Crippen molar-refractivity contribution in [1.82, 2.24) is 10.2 Å². The molecule has 1 aromatic carbocycles. The molecule has 0 unspecified atom stereocenters. The Labute approximate surface area is 127 Å². The van der Waals surface area contributed by atoms with Crippen LogP contribution in [0.15, 0.2) is 24.3 Å². The molecule has 2 rings (SSSR count). The lowest BCUT2D eigenvalue weighted by molar-refractivity contribution is 0.0939. The van der Waals surface area contributed by atoms with Gasteiger partial charge in [0.15, 0.2) is 0 Å². The number of nitrogens with zero attached hydrogens (tertiary/aromatic N) is 1. The minimum Gasteiger partial charge on any atom is -0.491 e. The van der Waals surface area contributed by atoms with Crippen molar-refractivity contribution in [2.75, 3.05) is 26.7 Å². The number of carbonyl (C=O) groups is 1. The number of rotatable bonds is 5. The highest BCUT2D eigenvalue weighted by atomic mass is 16.5. The number of hydrogen-bond acceptors (Lipinski definition) is 3. The molecule has 1 N–H and O–H groups in total. The van der Waals surface area contributed by atoms with E-state index in [9.17, 15) is 4.79 Å². The van der Waals surface area contributed by atoms with Crippen LogP contribution in [-0.4, -0.2) is 43.6 Å². The van der Waals surface area contributed by atoms with Crippen LogP contribution in [-0.2, 0) is 0 Å². The minimum absolute atomic E-state index is 0.00465. The highest BCUT2D eigenvalue weighted by Gasteiger charge is 2.17. The summed E-state index contributed by atoms with van der Waals surface area (Å²) in [6, 6.07) is 7.35. The second-order valence-electron chi connectivity index (χ2n) is 6.15. The molecule has 0 radical (unpaired) electrons. The van der Waals surface area contributed by atoms with Crippen LogP contribution < -0.4 is 10.1 Å². The average Bonchev–Trinajstić information content (AvgIpc) is 2.46. The van der Waals surface area contributed by atoms with Crippen LogP contribution in [0.5, 0.6) is 5.75 Å². The van der Waals surface area contributed by atoms with Gasteiger partial charge in [0.25, 0.3) is 5.91 Å². The van der Waals surface area contributed by atoms with Crippen molar-refractivity contribution < 1.29 is 9.53 Å². The lowest BCUT2D eigenvalue weighted by Crippen LogP contribution is -2.36. The van der Waals surface area contributed by atoms with E-state index in [2.05, 4.69) is 17.3 Å². The van der Waals surface area contributed by atoms with Gasteiger partial charge in [0.2, 0.25) is 0 Å². The second kappa shape index (κ2) is 7.46. The monoisotopic (exact) mass is 290 g/mol. The summed E-state index contributed by atoms with van der Waals surface area (Å²) < 4.78 is 5.58. The maximum atomic E-state index is 12.1. The standard InChI is InChI=1S/C17H26N2O2/c1-13(2)21-16-6-4-15(5-7-16)17(20)18-12-14-8-10-19(3)11-9-14/h4-7,13-14H,8-12H2,1-3H3,(H,18,20). The summed E-state index contributed by atoms with van der Waals surface area (Å²) in [6.07, 6.45) is 2.48. The molecule has 1 fully saturated rings. The van der Waals surface area contributed by atoms with Crippen LogP contribution in [0, 0.1) is 5.92 Å². The molecule has 0 atom stereocenters. The fourth-order valence-electron chi connectivity index (χ4n) is 2.56. The highest BCUT2D eigenvalue weighted by molar-refractivity contribution is 5.94. The van der Waals surface area contributed by atoms with E-state index in [-0.39, 0.29) is 12.0 Å². The Morgan fingerprint density at radius 1 is 1.29 bits per heavy atom. The van der Waals surface area contributed by atoms with Gasteiger partial charge in [0, 0.05) is 12.1 Å². The summed E-state index contributed by atoms with van der Waals surface area (Å²) >= 11 is 0. The molecule has 116 valence electrons. The average molecular weight is 290 g/mol. The Hall–Kier alpha value is -1.55. The van der Waals surface area contributed by atoms with Gasteiger partial charge in [-0.15, -0.1) is 0 Å². The van der Waals surface area contributed by atoms with Gasteiger partial charge in [-0.05, 0) is 77.0 Å². The molecular weight excluding hydrogens is 264 g/mol. The summed E-state index contributed by atoms with van der Waals surface area (Å²) in [7, 11) is 2.15. The summed E-state index contributed by atoms with van der Waals surface area (Å²) in [6.45, 7) is 7.00. The molecule has 1 amide bonds. The third kappa shape index (κ3) is 5.05. The van der Waals surface area contributed by atoms with Gasteiger partial charge in [-0.3, -0.25) is 4.79 Å². The van der Waals surface area contributed by atoms with Crippen molar-refractivity contribution in [3.63, 3.8) is 0 Å². The van der Waals surface area contributed by atoms with Crippen molar-refractivity contribution >= 4 is 5.91 Å². The Balaban J connectivity index is 1.80. The van der Waals surface area contributed by atoms with Gasteiger partial charge < -0.3 is 15.0 Å². The SMILES string of the molecule is CC(C)Oc1ccc(C(=O)NCC2CCN(C)CC2)cc1. The fourth-order valence-corrected chi connectivity index (χ4v) is 2.56. The molecule has 21 heavy (non-hydrogen) atoms. The summed E-state index contributed by atoms with van der Waals surface area (Å²) in [5, 5.41) is 3.05. The first kappa shape index (κ1) is 15.8. The molecule has 0 spiro atoms. The maximum absolute atomic E-state index is 12.1. The van der Waals surface area contributed by atoms with Crippen molar-refractivity contribution in [2.45, 2.75) is 32.8 Å². The van der Waals surface area contributed by atoms with E-state index in [4.69, 9.17) is 4.74 Å². The third-order valence-corrected chi connectivity index (χ3v) is 3.88. The Morgan fingerprint density at radius 2 is 1.90 bits per heavy atom. The quantitative estimate of drug-likeness (QED) is 0.906. The molecule has 1 heterocycles. The number of likely N-dealkylation sites (tertiary alicyclic amines) is 1. The first-order valence-corrected chi connectivity index (χ1v) is 7.78. The zero-order chi connectivity index (χ0) is 15.2. The van der Waals surface area contributed by atoms with Gasteiger partial charge >= 0.3 is 0 Å². The molecule has 4 nitrogen and oxygen atoms in total. The Bertz CT molecular complexity index is 448. The molecule has 1 aromatic rings. The van der Waals surface area contributed by atoms with E-state index in [1.165, 1.54) is 0 Å². The predicted octanol–water partition coefficient (Wildman–Crippen LogP) is 2.55. The van der Waals surface area contributed by atoms with E-state index in [1.807, 2.05) is 38.1 Å². The van der Waals surface area contributed by atoms with Gasteiger partial charge in [0.1, 0.15) is 5.75 Å². The zero-order valence-electron chi connectivity index (χ0n) is 13.3. The number of nitrogens with one attached hydrogen (secondary N) is 1. The normalized spacial score (nSPS) is 17.0. The smallest absolute Gasteiger partial charge is 0.251 e. The topological polar surface area (TPSA) is 41.6 Å². The highest BCUT2D eigenvalue weighted by Crippen LogP contribution is 2.16. The van der Waals surface area contributed by atoms with Gasteiger partial charge in [-0.1, -0.05) is 0 Å². The zero-order valence-corrected chi connectivity index (χ0v) is 13.3. The number of ether oxygens (including phenoxy) is 1. The number of amides is 1. The fraction of sp³-hybridized carbons (Fsp3) is 0.588. The molecule has 0 aliphatic carbocycles. The van der Waals surface area contributed by atoms with Gasteiger partial charge in [0.05, 0.1) is 6.10 Å². The van der Waals surface area contributed by atoms with Gasteiger partial charge in [-0.2, -0.15) is 0 Å². The molecule has 0 bridgehead atoms. The van der Waals surface area contributed by atoms with Crippen LogP contribution >= 0.6 is 0 Å². The summed E-state index contributed by atoms with van der Waals surface area (Å²) in [5.74, 6) is 1.41. The molecule has 1 aliphatic heterocycles. The van der Waals surface area contributed by atoms with Crippen LogP contribution in [0.1, 0.15) is 37.0 Å². The molecule has 1 aliphatic rings. The van der Waals surface area contributed by atoms with E-state index in [0.717, 1.165) is 38.2 Å². The lowest BCUT2D eigenvalue weighted by atomic mass is 9.97. The summed E-state index contributed by atoms with van der Waals surface area (Å²) in [5.41, 5.74) is 0.694. The van der Waals surface area contributed by atoms with Crippen LogP contribution in [0.25, 0.3) is 0 Å². The minimum atomic E-state index is 0.00465. The largest absolute Gasteiger partial charge is 0.491 e. The predicted molar refractivity (Wildman–Crippen MR) is 84.8 cm³/mol. The third-order valence-electron chi connectivity index (χ3n) is 3.88. The first-order chi connectivity index (χ1) is 10.0. The van der Waals surface area contributed by atoms with E-state index in [0.29, 0.717) is 11.5 Å². The maximum Gasteiger partial charge on any atom is 0.251 e. The van der Waals surface area contributed by atoms with Crippen LogP contribution in [0.2, 0.25) is 0 Å². The van der Waals surface area contributed by atoms with Crippen LogP contribution in [0.4, 0.5) is 0 Å². The second-order valence-corrected chi connectivity index (χ2v) is 6.15. The lowest BCUT2D eigenvalue weighted by Gasteiger charge is -2.28. The van der Waals surface area contributed by atoms with Crippen molar-refractivity contribution in [1.29, 1.82) is 0 Å². The van der Waals surface area contributed by atoms with Crippen molar-refractivity contribution in [3.05, 3.63) is 29.8 Å².